The molecule has 1 atom stereocenters. The molecule has 2 N–H and O–H groups in total. The van der Waals surface area contributed by atoms with E-state index in [1.165, 1.54) is 34.5 Å². The fraction of sp³-hybridized carbons (Fsp3) is 0.467. The molecule has 13 heteroatoms. The van der Waals surface area contributed by atoms with Gasteiger partial charge in [-0.25, -0.2) is 14.2 Å². The van der Waals surface area contributed by atoms with Crippen molar-refractivity contribution in [1.29, 1.82) is 0 Å². The number of H-pyrrole nitrogens is 1. The van der Waals surface area contributed by atoms with Crippen LogP contribution in [0.3, 0.4) is 0 Å². The van der Waals surface area contributed by atoms with Crippen LogP contribution in [0.25, 0.3) is 11.0 Å². The van der Waals surface area contributed by atoms with Crippen LogP contribution < -0.4 is 10.9 Å². The number of anilines is 1. The molecule has 12 nitrogen and oxygen atoms in total. The maximum Gasteiger partial charge on any atom is 0.410 e. The van der Waals surface area contributed by atoms with Crippen LogP contribution in [0.5, 0.6) is 0 Å². The second-order valence-corrected chi connectivity index (χ2v) is 11.2. The molecule has 1 unspecified atom stereocenters. The van der Waals surface area contributed by atoms with Gasteiger partial charge in [-0.05, 0) is 56.7 Å². The zero-order chi connectivity index (χ0) is 32.0. The first kappa shape index (κ1) is 33.0. The van der Waals surface area contributed by atoms with Crippen molar-refractivity contribution in [3.05, 3.63) is 63.4 Å². The van der Waals surface area contributed by atoms with Crippen LogP contribution in [0, 0.1) is 25.6 Å². The first-order chi connectivity index (χ1) is 20.2. The number of aromatic nitrogens is 4. The van der Waals surface area contributed by atoms with Gasteiger partial charge in [-0.2, -0.15) is 0 Å². The van der Waals surface area contributed by atoms with Gasteiger partial charge in [0.25, 0.3) is 11.5 Å². The summed E-state index contributed by atoms with van der Waals surface area (Å²) in [6, 6.07) is 1.55. The number of pyridine rings is 2. The van der Waals surface area contributed by atoms with E-state index in [0.29, 0.717) is 34.7 Å². The van der Waals surface area contributed by atoms with Gasteiger partial charge in [-0.1, -0.05) is 19.9 Å². The number of carbonyl (C=O) groups is 3. The summed E-state index contributed by atoms with van der Waals surface area (Å²) in [6.45, 7) is 7.62. The van der Waals surface area contributed by atoms with Crippen molar-refractivity contribution in [1.82, 2.24) is 29.3 Å². The van der Waals surface area contributed by atoms with Crippen molar-refractivity contribution >= 4 is 34.6 Å². The fourth-order valence-electron chi connectivity index (χ4n) is 4.27. The summed E-state index contributed by atoms with van der Waals surface area (Å²) < 4.78 is 21.4. The van der Waals surface area contributed by atoms with E-state index in [9.17, 15) is 23.6 Å². The first-order valence-corrected chi connectivity index (χ1v) is 14.0. The van der Waals surface area contributed by atoms with Crippen molar-refractivity contribution in [3.63, 3.8) is 0 Å². The van der Waals surface area contributed by atoms with E-state index >= 15 is 0 Å². The molecule has 3 aromatic heterocycles. The molecule has 0 spiro atoms. The lowest BCUT2D eigenvalue weighted by atomic mass is 10.1. The monoisotopic (exact) mass is 597 g/mol. The third-order valence-corrected chi connectivity index (χ3v) is 6.78. The number of likely N-dealkylation sites (N-methyl/N-ethyl adjacent to an activating group) is 1. The number of nitrogens with one attached hydrogen (secondary N) is 2. The highest BCUT2D eigenvalue weighted by atomic mass is 19.1. The molecule has 3 amide bonds. The molecule has 0 saturated heterocycles. The summed E-state index contributed by atoms with van der Waals surface area (Å²) in [6.07, 6.45) is 3.13. The average molecular weight is 598 g/mol. The van der Waals surface area contributed by atoms with E-state index in [0.717, 1.165) is 6.20 Å². The lowest BCUT2D eigenvalue weighted by Crippen LogP contribution is -2.38. The Morgan fingerprint density at radius 2 is 1.86 bits per heavy atom. The van der Waals surface area contributed by atoms with Crippen LogP contribution in [0.2, 0.25) is 0 Å². The highest BCUT2D eigenvalue weighted by Crippen LogP contribution is 2.21. The predicted octanol–water partition coefficient (Wildman–Crippen LogP) is 3.55. The number of halogens is 1. The molecule has 3 rings (SSSR count). The number of hydrogen-bond donors (Lipinski definition) is 2. The van der Waals surface area contributed by atoms with E-state index in [2.05, 4.69) is 20.3 Å². The summed E-state index contributed by atoms with van der Waals surface area (Å²) in [5.41, 5.74) is 2.16. The van der Waals surface area contributed by atoms with Gasteiger partial charge in [-0.3, -0.25) is 19.4 Å². The van der Waals surface area contributed by atoms with Crippen molar-refractivity contribution in [2.45, 2.75) is 59.6 Å². The van der Waals surface area contributed by atoms with E-state index in [1.807, 2.05) is 13.8 Å². The Balaban J connectivity index is 1.90. The number of aromatic amines is 1. The number of amides is 3. The Bertz CT molecular complexity index is 1590. The number of rotatable bonds is 11. The van der Waals surface area contributed by atoms with Gasteiger partial charge in [0.2, 0.25) is 5.91 Å². The van der Waals surface area contributed by atoms with Crippen LogP contribution in [-0.4, -0.2) is 81.5 Å². The highest BCUT2D eigenvalue weighted by Gasteiger charge is 2.25. The van der Waals surface area contributed by atoms with Gasteiger partial charge in [0.15, 0.2) is 11.9 Å². The molecule has 232 valence electrons. The standard InChI is InChI=1S/C30H40FN7O5/c1-17(2)13-21-27-26(20(31)15-32-21)34-24(35-27)16-38-19(4)18(3)14-22(29(38)41)33-28(40)23(43-30(42)37(7)8)11-9-10-12-25(39)36(5)6/h10,12,14-15,17,23H,9,11,13,16H2,1-8H3,(H,33,40)(H,34,35). The number of ether oxygens (including phenoxy) is 1. The summed E-state index contributed by atoms with van der Waals surface area (Å²) in [7, 11) is 6.21. The van der Waals surface area contributed by atoms with Crippen LogP contribution in [-0.2, 0) is 27.3 Å². The van der Waals surface area contributed by atoms with Gasteiger partial charge in [0.05, 0.1) is 24.0 Å². The van der Waals surface area contributed by atoms with Crippen LogP contribution in [0.15, 0.2) is 29.2 Å². The molecular formula is C30H40FN7O5. The largest absolute Gasteiger partial charge is 0.436 e. The van der Waals surface area contributed by atoms with Crippen LogP contribution in [0.4, 0.5) is 14.9 Å². The van der Waals surface area contributed by atoms with Gasteiger partial charge >= 0.3 is 6.09 Å². The molecule has 0 aliphatic heterocycles. The van der Waals surface area contributed by atoms with Crippen molar-refractivity contribution in [2.24, 2.45) is 5.92 Å². The topological polar surface area (TPSA) is 143 Å². The van der Waals surface area contributed by atoms with E-state index in [1.54, 1.807) is 40.1 Å². The van der Waals surface area contributed by atoms with Crippen molar-refractivity contribution in [2.75, 3.05) is 33.5 Å². The van der Waals surface area contributed by atoms with Gasteiger partial charge in [0.1, 0.15) is 17.0 Å². The first-order valence-electron chi connectivity index (χ1n) is 14.0. The average Bonchev–Trinajstić information content (AvgIpc) is 3.37. The normalized spacial score (nSPS) is 12.1. The summed E-state index contributed by atoms with van der Waals surface area (Å²) in [4.78, 5) is 65.3. The van der Waals surface area contributed by atoms with Crippen LogP contribution >= 0.6 is 0 Å². The minimum absolute atomic E-state index is 0.00576. The van der Waals surface area contributed by atoms with Crippen molar-refractivity contribution in [3.8, 4) is 0 Å². The molecule has 43 heavy (non-hydrogen) atoms. The molecule has 3 aromatic rings. The van der Waals surface area contributed by atoms with Gasteiger partial charge in [0, 0.05) is 33.9 Å². The maximum atomic E-state index is 14.6. The Morgan fingerprint density at radius 1 is 1.16 bits per heavy atom. The minimum Gasteiger partial charge on any atom is -0.436 e. The Labute approximate surface area is 249 Å². The summed E-state index contributed by atoms with van der Waals surface area (Å²) >= 11 is 0. The molecule has 0 fully saturated rings. The van der Waals surface area contributed by atoms with Crippen molar-refractivity contribution < 1.29 is 23.5 Å². The molecule has 3 heterocycles. The minimum atomic E-state index is -1.23. The van der Waals surface area contributed by atoms with E-state index in [4.69, 9.17) is 4.74 Å². The number of hydrogen-bond acceptors (Lipinski definition) is 7. The number of carbonyl (C=O) groups excluding carboxylic acids is 3. The van der Waals surface area contributed by atoms with Gasteiger partial charge in [-0.15, -0.1) is 0 Å². The Hall–Kier alpha value is -4.55. The molecular weight excluding hydrogens is 557 g/mol. The molecule has 0 aromatic carbocycles. The Morgan fingerprint density at radius 3 is 2.49 bits per heavy atom. The molecule has 0 saturated carbocycles. The van der Waals surface area contributed by atoms with Crippen LogP contribution in [0.1, 0.15) is 49.5 Å². The number of nitrogens with zero attached hydrogens (tertiary/aromatic N) is 5. The quantitative estimate of drug-likeness (QED) is 0.322. The maximum absolute atomic E-state index is 14.6. The summed E-state index contributed by atoms with van der Waals surface area (Å²) in [5.74, 6) is -0.827. The second-order valence-electron chi connectivity index (χ2n) is 11.2. The fourth-order valence-corrected chi connectivity index (χ4v) is 4.27. The third kappa shape index (κ3) is 8.27. The third-order valence-electron chi connectivity index (χ3n) is 6.78. The predicted molar refractivity (Wildman–Crippen MR) is 161 cm³/mol. The number of allylic oxidation sites excluding steroid dienone is 1. The number of aryl methyl sites for hydroxylation is 1. The smallest absolute Gasteiger partial charge is 0.410 e. The zero-order valence-corrected chi connectivity index (χ0v) is 25.9. The molecule has 0 radical (unpaired) electrons. The molecule has 0 aliphatic carbocycles. The zero-order valence-electron chi connectivity index (χ0n) is 25.9. The molecule has 0 aliphatic rings. The van der Waals surface area contributed by atoms with E-state index < -0.39 is 29.5 Å². The Kier molecular flexibility index (Phi) is 10.8. The lowest BCUT2D eigenvalue weighted by molar-refractivity contribution is -0.125. The lowest BCUT2D eigenvalue weighted by Gasteiger charge is -2.20. The SMILES string of the molecule is Cc1cc(NC(=O)C(CCC=CC(=O)N(C)C)OC(=O)N(C)C)c(=O)n(Cc2nc3c(F)cnc(CC(C)C)c3[nH]2)c1C. The summed E-state index contributed by atoms with van der Waals surface area (Å²) in [5, 5.41) is 2.62. The number of fused-ring (bicyclic) bond motifs is 1. The number of imidazole rings is 1. The highest BCUT2D eigenvalue weighted by molar-refractivity contribution is 5.95. The van der Waals surface area contributed by atoms with E-state index in [-0.39, 0.29) is 42.4 Å². The molecule has 0 bridgehead atoms. The van der Waals surface area contributed by atoms with Gasteiger partial charge < -0.3 is 29.4 Å². The second kappa shape index (κ2) is 14.1.